The largest absolute Gasteiger partial charge is 0.423 e. The van der Waals surface area contributed by atoms with Gasteiger partial charge in [-0.15, -0.1) is 0 Å². The lowest BCUT2D eigenvalue weighted by Gasteiger charge is -2.40. The molecule has 8 heteroatoms. The van der Waals surface area contributed by atoms with Crippen LogP contribution >= 0.6 is 0 Å². The van der Waals surface area contributed by atoms with E-state index >= 15 is 0 Å². The Morgan fingerprint density at radius 1 is 1.19 bits per heavy atom. The van der Waals surface area contributed by atoms with Gasteiger partial charge in [-0.1, -0.05) is 12.2 Å². The van der Waals surface area contributed by atoms with E-state index in [1.807, 2.05) is 13.0 Å². The number of hydrogen-bond acceptors (Lipinski definition) is 8. The molecule has 1 saturated heterocycles. The smallest absolute Gasteiger partial charge is 0.336 e. The number of anilines is 1. The number of aliphatic hydroxyl groups excluding tert-OH is 4. The van der Waals surface area contributed by atoms with Gasteiger partial charge in [0.25, 0.3) is 0 Å². The van der Waals surface area contributed by atoms with E-state index in [-0.39, 0.29) is 0 Å². The molecule has 5 atom stereocenters. The quantitative estimate of drug-likeness (QED) is 0.481. The molecule has 2 unspecified atom stereocenters. The maximum Gasteiger partial charge on any atom is 0.336 e. The Morgan fingerprint density at radius 2 is 1.96 bits per heavy atom. The highest BCUT2D eigenvalue weighted by atomic mass is 16.6. The molecule has 2 aromatic rings. The number of benzene rings is 1. The zero-order chi connectivity index (χ0) is 18.8. The van der Waals surface area contributed by atoms with Gasteiger partial charge in [0, 0.05) is 23.2 Å². The van der Waals surface area contributed by atoms with Crippen LogP contribution in [-0.2, 0) is 4.74 Å². The van der Waals surface area contributed by atoms with Gasteiger partial charge in [-0.2, -0.15) is 0 Å². The zero-order valence-electron chi connectivity index (χ0n) is 14.1. The molecule has 0 aliphatic carbocycles. The van der Waals surface area contributed by atoms with Gasteiger partial charge in [-0.3, -0.25) is 0 Å². The molecular formula is C18H21NO7. The van der Waals surface area contributed by atoms with Crippen molar-refractivity contribution < 1.29 is 29.6 Å². The standard InChI is InChI=1S/C18H21NO7/c1-2-3-9-6-14(21)25-12-7-10(4-5-11(9)12)19-15-17(23)16(22)13(8-20)26-18(15)24/h2-7,13,15-20,22-24H,8H2,1H3/b3-2+/t13?,15?,16-,17-,18-/m0/s1. The topological polar surface area (TPSA) is 132 Å². The molecule has 0 amide bonds. The van der Waals surface area contributed by atoms with Crippen molar-refractivity contribution in [1.29, 1.82) is 0 Å². The number of ether oxygens (including phenoxy) is 1. The van der Waals surface area contributed by atoms with Crippen LogP contribution in [0.15, 0.2) is 39.6 Å². The van der Waals surface area contributed by atoms with Crippen LogP contribution in [0.5, 0.6) is 0 Å². The SMILES string of the molecule is C/C=C/c1cc(=O)oc2cc(NC3[C@@H](O)OC(CO)[C@H](O)[C@H]3O)ccc12. The average molecular weight is 363 g/mol. The first-order valence-electron chi connectivity index (χ1n) is 8.22. The van der Waals surface area contributed by atoms with Crippen molar-refractivity contribution in [2.75, 3.05) is 11.9 Å². The van der Waals surface area contributed by atoms with Gasteiger partial charge in [0.05, 0.1) is 6.61 Å². The highest BCUT2D eigenvalue weighted by molar-refractivity contribution is 5.88. The molecule has 1 fully saturated rings. The van der Waals surface area contributed by atoms with Gasteiger partial charge in [-0.05, 0) is 24.6 Å². The lowest BCUT2D eigenvalue weighted by atomic mass is 9.96. The number of hydrogen-bond donors (Lipinski definition) is 5. The van der Waals surface area contributed by atoms with Gasteiger partial charge >= 0.3 is 5.63 Å². The van der Waals surface area contributed by atoms with Gasteiger partial charge in [-0.25, -0.2) is 4.79 Å². The fourth-order valence-corrected chi connectivity index (χ4v) is 3.04. The Balaban J connectivity index is 1.90. The molecule has 3 rings (SSSR count). The van der Waals surface area contributed by atoms with Crippen molar-refractivity contribution in [3.63, 3.8) is 0 Å². The molecule has 1 aliphatic heterocycles. The Kier molecular flexibility index (Phi) is 5.40. The third-order valence-corrected chi connectivity index (χ3v) is 4.36. The summed E-state index contributed by atoms with van der Waals surface area (Å²) in [6.45, 7) is 1.31. The van der Waals surface area contributed by atoms with Gasteiger partial charge in [0.15, 0.2) is 6.29 Å². The number of rotatable bonds is 4. The minimum atomic E-state index is -1.44. The summed E-state index contributed by atoms with van der Waals surface area (Å²) in [5.74, 6) is 0. The van der Waals surface area contributed by atoms with Crippen LogP contribution in [0.1, 0.15) is 12.5 Å². The zero-order valence-corrected chi connectivity index (χ0v) is 14.1. The summed E-state index contributed by atoms with van der Waals surface area (Å²) in [4.78, 5) is 11.7. The van der Waals surface area contributed by atoms with E-state index in [0.717, 1.165) is 5.39 Å². The molecule has 0 bridgehead atoms. The molecule has 1 aromatic carbocycles. The fraction of sp³-hybridized carbons (Fsp3) is 0.389. The Hall–Kier alpha value is -2.23. The molecule has 0 spiro atoms. The molecule has 2 heterocycles. The summed E-state index contributed by atoms with van der Waals surface area (Å²) >= 11 is 0. The molecular weight excluding hydrogens is 342 g/mol. The van der Waals surface area contributed by atoms with Crippen LogP contribution < -0.4 is 10.9 Å². The first kappa shape index (κ1) is 18.6. The first-order chi connectivity index (χ1) is 12.4. The average Bonchev–Trinajstić information content (AvgIpc) is 2.61. The monoisotopic (exact) mass is 363 g/mol. The van der Waals surface area contributed by atoms with Crippen molar-refractivity contribution in [2.24, 2.45) is 0 Å². The predicted molar refractivity (Wildman–Crippen MR) is 94.6 cm³/mol. The van der Waals surface area contributed by atoms with E-state index in [1.165, 1.54) is 6.07 Å². The first-order valence-corrected chi connectivity index (χ1v) is 8.22. The molecule has 26 heavy (non-hydrogen) atoms. The molecule has 8 nitrogen and oxygen atoms in total. The fourth-order valence-electron chi connectivity index (χ4n) is 3.04. The van der Waals surface area contributed by atoms with Crippen LogP contribution in [0.2, 0.25) is 0 Å². The van der Waals surface area contributed by atoms with Gasteiger partial charge in [0.1, 0.15) is 29.9 Å². The van der Waals surface area contributed by atoms with E-state index in [9.17, 15) is 20.1 Å². The minimum Gasteiger partial charge on any atom is -0.423 e. The third kappa shape index (κ3) is 3.50. The molecule has 0 saturated carbocycles. The van der Waals surface area contributed by atoms with Crippen molar-refractivity contribution in [3.05, 3.63) is 46.3 Å². The molecule has 5 N–H and O–H groups in total. The van der Waals surface area contributed by atoms with Crippen molar-refractivity contribution in [1.82, 2.24) is 0 Å². The predicted octanol–water partition coefficient (Wildman–Crippen LogP) is 0.0379. The summed E-state index contributed by atoms with van der Waals surface area (Å²) in [6.07, 6.45) is -1.64. The summed E-state index contributed by atoms with van der Waals surface area (Å²) in [5, 5.41) is 42.9. The van der Waals surface area contributed by atoms with Gasteiger partial charge < -0.3 is 34.9 Å². The molecule has 1 aromatic heterocycles. The lowest BCUT2D eigenvalue weighted by Crippen LogP contribution is -2.61. The maximum atomic E-state index is 11.7. The van der Waals surface area contributed by atoms with Crippen LogP contribution in [0, 0.1) is 0 Å². The second-order valence-electron chi connectivity index (χ2n) is 6.13. The third-order valence-electron chi connectivity index (χ3n) is 4.36. The van der Waals surface area contributed by atoms with Crippen molar-refractivity contribution >= 4 is 22.7 Å². The summed E-state index contributed by atoms with van der Waals surface area (Å²) < 4.78 is 10.3. The van der Waals surface area contributed by atoms with E-state index in [0.29, 0.717) is 16.8 Å². The minimum absolute atomic E-state index is 0.338. The summed E-state index contributed by atoms with van der Waals surface area (Å²) in [7, 11) is 0. The van der Waals surface area contributed by atoms with Crippen molar-refractivity contribution in [3.8, 4) is 0 Å². The number of allylic oxidation sites excluding steroid dienone is 1. The van der Waals surface area contributed by atoms with Crippen molar-refractivity contribution in [2.45, 2.75) is 37.6 Å². The maximum absolute atomic E-state index is 11.7. The summed E-state index contributed by atoms with van der Waals surface area (Å²) in [5.41, 5.74) is 1.02. The highest BCUT2D eigenvalue weighted by Gasteiger charge is 2.43. The number of nitrogens with one attached hydrogen (secondary N) is 1. The Labute approximate surface area is 149 Å². The lowest BCUT2D eigenvalue weighted by molar-refractivity contribution is -0.245. The molecule has 1 aliphatic rings. The summed E-state index contributed by atoms with van der Waals surface area (Å²) in [6, 6.07) is 5.36. The highest BCUT2D eigenvalue weighted by Crippen LogP contribution is 2.26. The van der Waals surface area contributed by atoms with E-state index in [4.69, 9.17) is 14.3 Å². The number of fused-ring (bicyclic) bond motifs is 1. The van der Waals surface area contributed by atoms with E-state index < -0.39 is 42.9 Å². The Bertz CT molecular complexity index is 862. The van der Waals surface area contributed by atoms with Crippen LogP contribution in [0.25, 0.3) is 17.0 Å². The van der Waals surface area contributed by atoms with Crippen LogP contribution in [-0.4, -0.2) is 57.7 Å². The molecule has 140 valence electrons. The van der Waals surface area contributed by atoms with Crippen LogP contribution in [0.4, 0.5) is 5.69 Å². The second kappa shape index (κ2) is 7.56. The second-order valence-corrected chi connectivity index (χ2v) is 6.13. The Morgan fingerprint density at radius 3 is 2.65 bits per heavy atom. The van der Waals surface area contributed by atoms with E-state index in [1.54, 1.807) is 24.3 Å². The van der Waals surface area contributed by atoms with Crippen LogP contribution in [0.3, 0.4) is 0 Å². The normalized spacial score (nSPS) is 29.3. The number of aliphatic hydroxyl groups is 4. The van der Waals surface area contributed by atoms with Gasteiger partial charge in [0.2, 0.25) is 0 Å². The van der Waals surface area contributed by atoms with E-state index in [2.05, 4.69) is 5.32 Å². The molecule has 0 radical (unpaired) electrons.